The van der Waals surface area contributed by atoms with Crippen molar-refractivity contribution in [1.82, 2.24) is 14.3 Å². The van der Waals surface area contributed by atoms with Gasteiger partial charge >= 0.3 is 12.2 Å². The normalized spacial score (nSPS) is 12.1. The summed E-state index contributed by atoms with van der Waals surface area (Å²) >= 11 is 23.0. The van der Waals surface area contributed by atoms with E-state index in [1.165, 1.54) is 0 Å². The number of carbonyl (C=O) groups excluding carboxylic acids is 1. The van der Waals surface area contributed by atoms with E-state index >= 15 is 0 Å². The highest BCUT2D eigenvalue weighted by Gasteiger charge is 2.32. The van der Waals surface area contributed by atoms with Gasteiger partial charge in [0, 0.05) is 0 Å². The number of halogens is 6. The van der Waals surface area contributed by atoms with Crippen LogP contribution in [0.5, 0.6) is 0 Å². The van der Waals surface area contributed by atoms with Crippen molar-refractivity contribution in [3.05, 3.63) is 38.5 Å². The number of amides is 1. The third kappa shape index (κ3) is 4.28. The zero-order valence-corrected chi connectivity index (χ0v) is 17.7. The molecule has 0 unspecified atom stereocenters. The Bertz CT molecular complexity index is 1100. The van der Waals surface area contributed by atoms with E-state index in [1.54, 1.807) is 0 Å². The summed E-state index contributed by atoms with van der Waals surface area (Å²) in [6.07, 6.45) is 0.688. The maximum atomic E-state index is 13.0. The smallest absolute Gasteiger partial charge is 0.270 e. The van der Waals surface area contributed by atoms with Crippen molar-refractivity contribution in [1.29, 1.82) is 0 Å². The highest BCUT2D eigenvalue weighted by Crippen LogP contribution is 2.35. The van der Waals surface area contributed by atoms with E-state index in [4.69, 9.17) is 46.4 Å². The average Bonchev–Trinajstić information content (AvgIpc) is 2.82. The van der Waals surface area contributed by atoms with Crippen LogP contribution < -0.4 is 9.99 Å². The summed E-state index contributed by atoms with van der Waals surface area (Å²) in [5.41, 5.74) is -1.99. The van der Waals surface area contributed by atoms with Crippen molar-refractivity contribution < 1.29 is 22.0 Å². The van der Waals surface area contributed by atoms with Crippen molar-refractivity contribution in [3.8, 4) is 5.69 Å². The van der Waals surface area contributed by atoms with Crippen molar-refractivity contribution in [2.24, 2.45) is 0 Å². The SMILES string of the molecule is Cc1nn(-c2cc(N(C(=O)C(Cl)Cl)S(C)(=O)=O)c(Cl)cc2Cl)c(=O)n1C(F)F. The molecule has 0 radical (unpaired) electrons. The van der Waals surface area contributed by atoms with E-state index < -0.39 is 38.7 Å². The second-order valence-electron chi connectivity index (χ2n) is 5.31. The molecule has 1 aromatic carbocycles. The Hall–Kier alpha value is -1.40. The lowest BCUT2D eigenvalue weighted by atomic mass is 10.2. The van der Waals surface area contributed by atoms with Crippen LogP contribution in [0.15, 0.2) is 16.9 Å². The van der Waals surface area contributed by atoms with Crippen LogP contribution in [0.2, 0.25) is 10.0 Å². The van der Waals surface area contributed by atoms with Gasteiger partial charge < -0.3 is 0 Å². The van der Waals surface area contributed by atoms with Gasteiger partial charge in [0.2, 0.25) is 10.0 Å². The molecule has 1 heterocycles. The van der Waals surface area contributed by atoms with Crippen LogP contribution in [-0.4, -0.2) is 39.8 Å². The number of hydrogen-bond donors (Lipinski definition) is 0. The Balaban J connectivity index is 2.81. The van der Waals surface area contributed by atoms with E-state index in [0.717, 1.165) is 19.1 Å². The van der Waals surface area contributed by atoms with Gasteiger partial charge in [0.25, 0.3) is 5.91 Å². The molecule has 8 nitrogen and oxygen atoms in total. The molecule has 0 saturated carbocycles. The molecule has 154 valence electrons. The number of anilines is 1. The van der Waals surface area contributed by atoms with Crippen LogP contribution in [0.1, 0.15) is 12.4 Å². The lowest BCUT2D eigenvalue weighted by Gasteiger charge is -2.22. The molecule has 0 bridgehead atoms. The van der Waals surface area contributed by atoms with Gasteiger partial charge in [0.15, 0.2) is 4.84 Å². The minimum absolute atomic E-state index is 0.0949. The molecule has 0 aliphatic carbocycles. The van der Waals surface area contributed by atoms with Crippen LogP contribution >= 0.6 is 46.4 Å². The lowest BCUT2D eigenvalue weighted by Crippen LogP contribution is -2.39. The van der Waals surface area contributed by atoms with Crippen LogP contribution in [0.3, 0.4) is 0 Å². The summed E-state index contributed by atoms with van der Waals surface area (Å²) in [4.78, 5) is 22.7. The molecule has 1 aromatic heterocycles. The van der Waals surface area contributed by atoms with E-state index in [9.17, 15) is 26.8 Å². The van der Waals surface area contributed by atoms with Gasteiger partial charge in [-0.05, 0) is 19.1 Å². The Kier molecular flexibility index (Phi) is 6.66. The highest BCUT2D eigenvalue weighted by molar-refractivity contribution is 7.92. The van der Waals surface area contributed by atoms with Crippen molar-refractivity contribution >= 4 is 68.0 Å². The van der Waals surface area contributed by atoms with Gasteiger partial charge in [-0.15, -0.1) is 5.10 Å². The van der Waals surface area contributed by atoms with Crippen LogP contribution in [-0.2, 0) is 14.8 Å². The summed E-state index contributed by atoms with van der Waals surface area (Å²) in [6, 6.07) is 1.93. The molecule has 1 amide bonds. The molecule has 0 fully saturated rings. The van der Waals surface area contributed by atoms with Crippen molar-refractivity contribution in [3.63, 3.8) is 0 Å². The molecule has 0 saturated heterocycles. The number of alkyl halides is 4. The third-order valence-corrected chi connectivity index (χ3v) is 5.38. The molecule has 15 heteroatoms. The first kappa shape index (κ1) is 22.9. The first-order chi connectivity index (χ1) is 12.8. The summed E-state index contributed by atoms with van der Waals surface area (Å²) < 4.78 is 51.1. The fraction of sp³-hybridized carbons (Fsp3) is 0.308. The molecular formula is C13H10Cl4F2N4O4S. The van der Waals surface area contributed by atoms with Crippen molar-refractivity contribution in [2.75, 3.05) is 10.6 Å². The monoisotopic (exact) mass is 496 g/mol. The molecule has 2 aromatic rings. The van der Waals surface area contributed by atoms with Gasteiger partial charge in [0.05, 0.1) is 27.7 Å². The predicted molar refractivity (Wildman–Crippen MR) is 102 cm³/mol. The zero-order chi connectivity index (χ0) is 21.5. The summed E-state index contributed by atoms with van der Waals surface area (Å²) in [6.45, 7) is -2.01. The quantitative estimate of drug-likeness (QED) is 0.591. The number of aromatic nitrogens is 3. The Labute approximate surface area is 177 Å². The maximum Gasteiger partial charge on any atom is 0.355 e. The topological polar surface area (TPSA) is 94.3 Å². The van der Waals surface area contributed by atoms with E-state index in [-0.39, 0.29) is 30.4 Å². The summed E-state index contributed by atoms with van der Waals surface area (Å²) in [7, 11) is -4.27. The number of benzene rings is 1. The Morgan fingerprint density at radius 2 is 1.79 bits per heavy atom. The lowest BCUT2D eigenvalue weighted by molar-refractivity contribution is -0.115. The average molecular weight is 498 g/mol. The van der Waals surface area contributed by atoms with Crippen LogP contribution in [0.4, 0.5) is 14.5 Å². The minimum Gasteiger partial charge on any atom is -0.270 e. The van der Waals surface area contributed by atoms with E-state index in [1.807, 2.05) is 0 Å². The third-order valence-electron chi connectivity index (χ3n) is 3.36. The Morgan fingerprint density at radius 3 is 2.21 bits per heavy atom. The molecule has 0 aliphatic heterocycles. The maximum absolute atomic E-state index is 13.0. The second-order valence-corrected chi connectivity index (χ2v) is 9.05. The van der Waals surface area contributed by atoms with Crippen molar-refractivity contribution in [2.45, 2.75) is 18.3 Å². The fourth-order valence-corrected chi connectivity index (χ4v) is 4.10. The number of rotatable bonds is 5. The molecule has 28 heavy (non-hydrogen) atoms. The molecular weight excluding hydrogens is 488 g/mol. The van der Waals surface area contributed by atoms with E-state index in [2.05, 4.69) is 5.10 Å². The number of hydrogen-bond acceptors (Lipinski definition) is 5. The highest BCUT2D eigenvalue weighted by atomic mass is 35.5. The van der Waals surface area contributed by atoms with Gasteiger partial charge in [-0.1, -0.05) is 46.4 Å². The Morgan fingerprint density at radius 1 is 1.21 bits per heavy atom. The summed E-state index contributed by atoms with van der Waals surface area (Å²) in [5, 5.41) is 3.16. The molecule has 0 aliphatic rings. The number of carbonyl (C=O) groups is 1. The van der Waals surface area contributed by atoms with Crippen LogP contribution in [0, 0.1) is 6.92 Å². The first-order valence-corrected chi connectivity index (χ1v) is 10.5. The van der Waals surface area contributed by atoms with Gasteiger partial charge in [0.1, 0.15) is 5.82 Å². The number of aryl methyl sites for hydroxylation is 1. The predicted octanol–water partition coefficient (Wildman–Crippen LogP) is 3.14. The number of nitrogens with zero attached hydrogens (tertiary/aromatic N) is 4. The molecule has 0 spiro atoms. The molecule has 2 rings (SSSR count). The largest absolute Gasteiger partial charge is 0.355 e. The zero-order valence-electron chi connectivity index (χ0n) is 13.9. The van der Waals surface area contributed by atoms with Gasteiger partial charge in [-0.3, -0.25) is 4.79 Å². The second kappa shape index (κ2) is 8.15. The minimum atomic E-state index is -4.27. The van der Waals surface area contributed by atoms with E-state index in [0.29, 0.717) is 10.9 Å². The first-order valence-electron chi connectivity index (χ1n) is 7.05. The molecule has 0 atom stereocenters. The van der Waals surface area contributed by atoms with Gasteiger partial charge in [-0.25, -0.2) is 22.1 Å². The standard InChI is InChI=1S/C13H10Cl4F2N4O4S/c1-5-20-22(13(25)21(5)12(18)19)8-4-9(7(15)3-6(8)14)23(28(2,26)27)11(24)10(16)17/h3-4,10,12H,1-2H3. The number of sulfonamides is 1. The fourth-order valence-electron chi connectivity index (χ4n) is 2.25. The molecule has 0 N–H and O–H groups in total. The van der Waals surface area contributed by atoms with Gasteiger partial charge in [-0.2, -0.15) is 13.5 Å². The van der Waals surface area contributed by atoms with Crippen LogP contribution in [0.25, 0.3) is 5.69 Å². The summed E-state index contributed by atoms with van der Waals surface area (Å²) in [5.74, 6) is -1.58.